The summed E-state index contributed by atoms with van der Waals surface area (Å²) < 4.78 is 0. The van der Waals surface area contributed by atoms with E-state index in [1.807, 2.05) is 48.5 Å². The molecule has 4 heteroatoms. The number of amides is 1. The fourth-order valence-electron chi connectivity index (χ4n) is 2.28. The highest BCUT2D eigenvalue weighted by Gasteiger charge is 2.07. The zero-order valence-electron chi connectivity index (χ0n) is 12.9. The summed E-state index contributed by atoms with van der Waals surface area (Å²) in [4.78, 5) is 12.2. The fraction of sp³-hybridized carbons (Fsp3) is 0.278. The van der Waals surface area contributed by atoms with Crippen LogP contribution in [0.4, 0.5) is 11.4 Å². The topological polar surface area (TPSA) is 67.1 Å². The van der Waals surface area contributed by atoms with Crippen molar-refractivity contribution in [2.45, 2.75) is 26.3 Å². The molecule has 0 fully saturated rings. The van der Waals surface area contributed by atoms with Gasteiger partial charge in [-0.15, -0.1) is 0 Å². The van der Waals surface area contributed by atoms with Crippen LogP contribution in [0.15, 0.2) is 48.5 Å². The predicted octanol–water partition coefficient (Wildman–Crippen LogP) is 2.95. The predicted molar refractivity (Wildman–Crippen MR) is 91.6 cm³/mol. The monoisotopic (exact) mass is 297 g/mol. The van der Waals surface area contributed by atoms with E-state index in [4.69, 9.17) is 5.73 Å². The molecule has 2 aromatic rings. The van der Waals surface area contributed by atoms with Crippen molar-refractivity contribution in [2.75, 3.05) is 17.6 Å². The lowest BCUT2D eigenvalue weighted by atomic mass is 10.1. The van der Waals surface area contributed by atoms with E-state index in [1.54, 1.807) is 0 Å². The average Bonchev–Trinajstić information content (AvgIpc) is 2.53. The lowest BCUT2D eigenvalue weighted by Gasteiger charge is -2.11. The van der Waals surface area contributed by atoms with Crippen LogP contribution in [0, 0.1) is 0 Å². The van der Waals surface area contributed by atoms with Gasteiger partial charge in [-0.2, -0.15) is 0 Å². The summed E-state index contributed by atoms with van der Waals surface area (Å²) in [7, 11) is 0. The van der Waals surface area contributed by atoms with Gasteiger partial charge >= 0.3 is 0 Å². The second-order valence-corrected chi connectivity index (χ2v) is 5.18. The van der Waals surface area contributed by atoms with Gasteiger partial charge < -0.3 is 16.4 Å². The number of aryl methyl sites for hydroxylation is 1. The Morgan fingerprint density at radius 1 is 1.05 bits per heavy atom. The highest BCUT2D eigenvalue weighted by Crippen LogP contribution is 2.17. The van der Waals surface area contributed by atoms with Crippen LogP contribution in [-0.2, 0) is 17.8 Å². The third-order valence-corrected chi connectivity index (χ3v) is 3.53. The number of carbonyl (C=O) groups excluding carboxylic acids is 1. The molecule has 0 saturated heterocycles. The number of nitrogens with two attached hydrogens (primary N) is 1. The minimum absolute atomic E-state index is 0.00667. The summed E-state index contributed by atoms with van der Waals surface area (Å²) in [5.41, 5.74) is 9.61. The number of nitrogens with one attached hydrogen (secondary N) is 2. The van der Waals surface area contributed by atoms with Crippen molar-refractivity contribution < 1.29 is 4.79 Å². The van der Waals surface area contributed by atoms with Crippen LogP contribution >= 0.6 is 0 Å². The van der Waals surface area contributed by atoms with E-state index in [-0.39, 0.29) is 5.91 Å². The number of hydrogen-bond donors (Lipinski definition) is 3. The smallest absolute Gasteiger partial charge is 0.224 e. The normalized spacial score (nSPS) is 10.4. The van der Waals surface area contributed by atoms with Gasteiger partial charge in [-0.05, 0) is 36.2 Å². The maximum absolute atomic E-state index is 12.2. The summed E-state index contributed by atoms with van der Waals surface area (Å²) in [6.45, 7) is 3.71. The maximum atomic E-state index is 12.2. The molecule has 22 heavy (non-hydrogen) atoms. The number of para-hydroxylation sites is 2. The van der Waals surface area contributed by atoms with E-state index < -0.39 is 0 Å². The van der Waals surface area contributed by atoms with Crippen molar-refractivity contribution in [1.29, 1.82) is 0 Å². The summed E-state index contributed by atoms with van der Waals surface area (Å²) in [6, 6.07) is 15.5. The largest absolute Gasteiger partial charge is 0.399 e. The molecule has 0 aliphatic carbocycles. The van der Waals surface area contributed by atoms with Gasteiger partial charge in [0, 0.05) is 24.3 Å². The molecule has 2 rings (SSSR count). The zero-order chi connectivity index (χ0) is 15.8. The molecular weight excluding hydrogens is 274 g/mol. The quantitative estimate of drug-likeness (QED) is 0.688. The number of benzene rings is 2. The SMILES string of the molecule is CCNCc1ccccc1NC(=O)CCc1ccccc1N. The van der Waals surface area contributed by atoms with Crippen molar-refractivity contribution in [3.63, 3.8) is 0 Å². The van der Waals surface area contributed by atoms with Crippen molar-refractivity contribution >= 4 is 17.3 Å². The Morgan fingerprint density at radius 3 is 2.45 bits per heavy atom. The maximum Gasteiger partial charge on any atom is 0.224 e. The molecule has 0 aromatic heterocycles. The Hall–Kier alpha value is -2.33. The van der Waals surface area contributed by atoms with E-state index in [0.717, 1.165) is 35.6 Å². The van der Waals surface area contributed by atoms with E-state index in [0.29, 0.717) is 12.8 Å². The molecular formula is C18H23N3O. The standard InChI is InChI=1S/C18H23N3O/c1-2-20-13-15-8-4-6-10-17(15)21-18(22)12-11-14-7-3-5-9-16(14)19/h3-10,20H,2,11-13,19H2,1H3,(H,21,22). The van der Waals surface area contributed by atoms with E-state index >= 15 is 0 Å². The first-order valence-corrected chi connectivity index (χ1v) is 7.62. The molecule has 1 amide bonds. The van der Waals surface area contributed by atoms with Gasteiger partial charge in [0.25, 0.3) is 0 Å². The van der Waals surface area contributed by atoms with E-state index in [1.165, 1.54) is 0 Å². The molecule has 0 radical (unpaired) electrons. The number of hydrogen-bond acceptors (Lipinski definition) is 3. The average molecular weight is 297 g/mol. The Labute approximate surface area is 131 Å². The third-order valence-electron chi connectivity index (χ3n) is 3.53. The van der Waals surface area contributed by atoms with Crippen molar-refractivity contribution in [1.82, 2.24) is 5.32 Å². The molecule has 2 aromatic carbocycles. The molecule has 0 spiro atoms. The van der Waals surface area contributed by atoms with E-state index in [9.17, 15) is 4.79 Å². The van der Waals surface area contributed by atoms with Gasteiger partial charge in [0.1, 0.15) is 0 Å². The number of carbonyl (C=O) groups is 1. The first-order valence-electron chi connectivity index (χ1n) is 7.62. The second-order valence-electron chi connectivity index (χ2n) is 5.18. The second kappa shape index (κ2) is 8.20. The summed E-state index contributed by atoms with van der Waals surface area (Å²) in [5.74, 6) is 0.00667. The Bertz CT molecular complexity index is 625. The van der Waals surface area contributed by atoms with Crippen LogP contribution in [-0.4, -0.2) is 12.5 Å². The minimum Gasteiger partial charge on any atom is -0.399 e. The first kappa shape index (κ1) is 16.0. The molecule has 0 bridgehead atoms. The Balaban J connectivity index is 1.93. The summed E-state index contributed by atoms with van der Waals surface area (Å²) in [5, 5.41) is 6.27. The van der Waals surface area contributed by atoms with Crippen LogP contribution in [0.25, 0.3) is 0 Å². The van der Waals surface area contributed by atoms with Crippen LogP contribution in [0.2, 0.25) is 0 Å². The fourth-order valence-corrected chi connectivity index (χ4v) is 2.28. The summed E-state index contributed by atoms with van der Waals surface area (Å²) in [6.07, 6.45) is 1.07. The van der Waals surface area contributed by atoms with Crippen LogP contribution < -0.4 is 16.4 Å². The number of rotatable bonds is 7. The molecule has 0 aliphatic rings. The highest BCUT2D eigenvalue weighted by molar-refractivity contribution is 5.91. The van der Waals surface area contributed by atoms with Gasteiger partial charge in [-0.25, -0.2) is 0 Å². The van der Waals surface area contributed by atoms with Crippen LogP contribution in [0.1, 0.15) is 24.5 Å². The van der Waals surface area contributed by atoms with Gasteiger partial charge in [-0.1, -0.05) is 43.3 Å². The lowest BCUT2D eigenvalue weighted by molar-refractivity contribution is -0.116. The van der Waals surface area contributed by atoms with Crippen LogP contribution in [0.3, 0.4) is 0 Å². The molecule has 0 aliphatic heterocycles. The first-order chi connectivity index (χ1) is 10.7. The van der Waals surface area contributed by atoms with Crippen molar-refractivity contribution in [3.8, 4) is 0 Å². The molecule has 0 saturated carbocycles. The summed E-state index contributed by atoms with van der Waals surface area (Å²) >= 11 is 0. The van der Waals surface area contributed by atoms with E-state index in [2.05, 4.69) is 17.6 Å². The zero-order valence-corrected chi connectivity index (χ0v) is 12.9. The highest BCUT2D eigenvalue weighted by atomic mass is 16.1. The molecule has 4 nitrogen and oxygen atoms in total. The van der Waals surface area contributed by atoms with Crippen molar-refractivity contribution in [2.24, 2.45) is 0 Å². The Morgan fingerprint density at radius 2 is 1.73 bits per heavy atom. The third kappa shape index (κ3) is 4.60. The van der Waals surface area contributed by atoms with Gasteiger partial charge in [-0.3, -0.25) is 4.79 Å². The molecule has 0 atom stereocenters. The number of anilines is 2. The lowest BCUT2D eigenvalue weighted by Crippen LogP contribution is -2.17. The van der Waals surface area contributed by atoms with Gasteiger partial charge in [0.05, 0.1) is 0 Å². The van der Waals surface area contributed by atoms with Gasteiger partial charge in [0.15, 0.2) is 0 Å². The molecule has 0 unspecified atom stereocenters. The molecule has 4 N–H and O–H groups in total. The Kier molecular flexibility index (Phi) is 5.98. The van der Waals surface area contributed by atoms with Gasteiger partial charge in [0.2, 0.25) is 5.91 Å². The molecule has 0 heterocycles. The van der Waals surface area contributed by atoms with Crippen LogP contribution in [0.5, 0.6) is 0 Å². The molecule has 116 valence electrons. The minimum atomic E-state index is 0.00667. The number of nitrogen functional groups attached to an aromatic ring is 1. The van der Waals surface area contributed by atoms with Crippen molar-refractivity contribution in [3.05, 3.63) is 59.7 Å².